The molecule has 2 aromatic rings. The van der Waals surface area contributed by atoms with E-state index >= 15 is 0 Å². The van der Waals surface area contributed by atoms with Crippen LogP contribution < -0.4 is 4.74 Å². The van der Waals surface area contributed by atoms with E-state index < -0.39 is 5.60 Å². The maximum atomic E-state index is 12.3. The van der Waals surface area contributed by atoms with Gasteiger partial charge in [0.05, 0.1) is 7.11 Å². The quantitative estimate of drug-likeness (QED) is 0.616. The molecule has 0 bridgehead atoms. The molecule has 0 aromatic heterocycles. The van der Waals surface area contributed by atoms with Gasteiger partial charge in [-0.2, -0.15) is 0 Å². The molecule has 2 atom stereocenters. The molecular weight excluding hydrogens is 362 g/mol. The molecule has 1 aliphatic rings. The Morgan fingerprint density at radius 3 is 2.52 bits per heavy atom. The number of rotatable bonds is 7. The number of methoxy groups -OCH3 is 1. The van der Waals surface area contributed by atoms with E-state index in [1.165, 1.54) is 11.1 Å². The SMILES string of the molecule is COc1cccc([C@@H]2CN(Cc3ccccc3)C[C@H]2CCC(=O)OC(C)(C)C)c1. The van der Waals surface area contributed by atoms with Crippen molar-refractivity contribution in [3.63, 3.8) is 0 Å². The summed E-state index contributed by atoms with van der Waals surface area (Å²) in [7, 11) is 1.70. The van der Waals surface area contributed by atoms with Gasteiger partial charge in [0, 0.05) is 32.0 Å². The van der Waals surface area contributed by atoms with Gasteiger partial charge in [-0.05, 0) is 56.4 Å². The van der Waals surface area contributed by atoms with E-state index in [4.69, 9.17) is 9.47 Å². The highest BCUT2D eigenvalue weighted by Gasteiger charge is 2.34. The summed E-state index contributed by atoms with van der Waals surface area (Å²) >= 11 is 0. The number of esters is 1. The van der Waals surface area contributed by atoms with Gasteiger partial charge < -0.3 is 9.47 Å². The third kappa shape index (κ3) is 6.33. The third-order valence-electron chi connectivity index (χ3n) is 5.43. The Labute approximate surface area is 174 Å². The zero-order valence-corrected chi connectivity index (χ0v) is 18.1. The smallest absolute Gasteiger partial charge is 0.306 e. The fraction of sp³-hybridized carbons (Fsp3) is 0.480. The Morgan fingerprint density at radius 1 is 1.07 bits per heavy atom. The second-order valence-electron chi connectivity index (χ2n) is 8.95. The average molecular weight is 396 g/mol. The van der Waals surface area contributed by atoms with Gasteiger partial charge in [0.1, 0.15) is 11.4 Å². The van der Waals surface area contributed by atoms with Crippen LogP contribution in [0.5, 0.6) is 5.75 Å². The first kappa shape index (κ1) is 21.4. The number of likely N-dealkylation sites (tertiary alicyclic amines) is 1. The van der Waals surface area contributed by atoms with E-state index in [-0.39, 0.29) is 5.97 Å². The number of benzene rings is 2. The molecule has 1 fully saturated rings. The molecule has 0 saturated carbocycles. The summed E-state index contributed by atoms with van der Waals surface area (Å²) < 4.78 is 11.0. The largest absolute Gasteiger partial charge is 0.497 e. The van der Waals surface area contributed by atoms with Gasteiger partial charge in [0.2, 0.25) is 0 Å². The van der Waals surface area contributed by atoms with Gasteiger partial charge in [-0.25, -0.2) is 0 Å². The zero-order valence-electron chi connectivity index (χ0n) is 18.1. The zero-order chi connectivity index (χ0) is 20.9. The van der Waals surface area contributed by atoms with Crippen LogP contribution in [-0.2, 0) is 16.1 Å². The van der Waals surface area contributed by atoms with Crippen molar-refractivity contribution < 1.29 is 14.3 Å². The first-order valence-electron chi connectivity index (χ1n) is 10.5. The van der Waals surface area contributed by atoms with Gasteiger partial charge in [-0.15, -0.1) is 0 Å². The molecule has 0 radical (unpaired) electrons. The lowest BCUT2D eigenvalue weighted by Gasteiger charge is -2.22. The number of ether oxygens (including phenoxy) is 2. The van der Waals surface area contributed by atoms with Crippen LogP contribution in [0.1, 0.15) is 50.7 Å². The van der Waals surface area contributed by atoms with Crippen LogP contribution in [0.2, 0.25) is 0 Å². The van der Waals surface area contributed by atoms with E-state index in [1.54, 1.807) is 7.11 Å². The van der Waals surface area contributed by atoms with E-state index in [0.29, 0.717) is 18.3 Å². The van der Waals surface area contributed by atoms with Gasteiger partial charge in [-0.3, -0.25) is 9.69 Å². The van der Waals surface area contributed by atoms with Crippen LogP contribution in [0.15, 0.2) is 54.6 Å². The Kier molecular flexibility index (Phi) is 6.96. The van der Waals surface area contributed by atoms with E-state index in [2.05, 4.69) is 53.4 Å². The molecule has 0 spiro atoms. The Balaban J connectivity index is 1.71. The van der Waals surface area contributed by atoms with Gasteiger partial charge in [0.25, 0.3) is 0 Å². The van der Waals surface area contributed by atoms with E-state index in [0.717, 1.165) is 31.8 Å². The van der Waals surface area contributed by atoms with Crippen molar-refractivity contribution in [2.45, 2.75) is 51.7 Å². The van der Waals surface area contributed by atoms with Crippen molar-refractivity contribution in [1.29, 1.82) is 0 Å². The van der Waals surface area contributed by atoms with Gasteiger partial charge >= 0.3 is 5.97 Å². The maximum absolute atomic E-state index is 12.3. The Hall–Kier alpha value is -2.33. The van der Waals surface area contributed by atoms with Crippen LogP contribution in [0.25, 0.3) is 0 Å². The second kappa shape index (κ2) is 9.45. The molecule has 0 N–H and O–H groups in total. The Morgan fingerprint density at radius 2 is 1.83 bits per heavy atom. The summed E-state index contributed by atoms with van der Waals surface area (Å²) in [6, 6.07) is 18.9. The van der Waals surface area contributed by atoms with E-state index in [1.807, 2.05) is 26.8 Å². The molecule has 4 nitrogen and oxygen atoms in total. The monoisotopic (exact) mass is 395 g/mol. The lowest BCUT2D eigenvalue weighted by atomic mass is 9.86. The fourth-order valence-electron chi connectivity index (χ4n) is 4.17. The van der Waals surface area contributed by atoms with Gasteiger partial charge in [-0.1, -0.05) is 42.5 Å². The normalized spacial score (nSPS) is 19.9. The first-order chi connectivity index (χ1) is 13.8. The van der Waals surface area contributed by atoms with Crippen molar-refractivity contribution >= 4 is 5.97 Å². The minimum Gasteiger partial charge on any atom is -0.497 e. The molecule has 1 aliphatic heterocycles. The highest BCUT2D eigenvalue weighted by molar-refractivity contribution is 5.69. The van der Waals surface area contributed by atoms with Crippen LogP contribution in [-0.4, -0.2) is 36.7 Å². The molecule has 2 aromatic carbocycles. The van der Waals surface area contributed by atoms with Crippen LogP contribution in [0.3, 0.4) is 0 Å². The van der Waals surface area contributed by atoms with Crippen LogP contribution in [0, 0.1) is 5.92 Å². The topological polar surface area (TPSA) is 38.8 Å². The molecule has 0 unspecified atom stereocenters. The number of carbonyl (C=O) groups is 1. The maximum Gasteiger partial charge on any atom is 0.306 e. The highest BCUT2D eigenvalue weighted by Crippen LogP contribution is 2.37. The highest BCUT2D eigenvalue weighted by atomic mass is 16.6. The first-order valence-corrected chi connectivity index (χ1v) is 10.5. The van der Waals surface area contributed by atoms with Crippen molar-refractivity contribution in [2.75, 3.05) is 20.2 Å². The molecule has 156 valence electrons. The lowest BCUT2D eigenvalue weighted by molar-refractivity contribution is -0.155. The molecule has 4 heteroatoms. The van der Waals surface area contributed by atoms with Crippen LogP contribution >= 0.6 is 0 Å². The summed E-state index contributed by atoms with van der Waals surface area (Å²) in [6.07, 6.45) is 1.30. The minimum atomic E-state index is -0.432. The standard InChI is InChI=1S/C25H33NO3/c1-25(2,3)29-24(27)14-13-21-17-26(16-19-9-6-5-7-10-19)18-23(21)20-11-8-12-22(15-20)28-4/h5-12,15,21,23H,13-14,16-18H2,1-4H3/t21-,23+/m1/s1. The van der Waals surface area contributed by atoms with Crippen molar-refractivity contribution in [2.24, 2.45) is 5.92 Å². The summed E-state index contributed by atoms with van der Waals surface area (Å²) in [5, 5.41) is 0. The summed E-state index contributed by atoms with van der Waals surface area (Å²) in [5.74, 6) is 1.58. The molecule has 29 heavy (non-hydrogen) atoms. The van der Waals surface area contributed by atoms with Crippen molar-refractivity contribution in [3.05, 3.63) is 65.7 Å². The molecule has 0 aliphatic carbocycles. The molecule has 1 saturated heterocycles. The lowest BCUT2D eigenvalue weighted by Crippen LogP contribution is -2.24. The summed E-state index contributed by atoms with van der Waals surface area (Å²) in [4.78, 5) is 14.8. The molecular formula is C25H33NO3. The molecule has 0 amide bonds. The molecule has 3 rings (SSSR count). The third-order valence-corrected chi connectivity index (χ3v) is 5.43. The fourth-order valence-corrected chi connectivity index (χ4v) is 4.17. The van der Waals surface area contributed by atoms with Gasteiger partial charge in [0.15, 0.2) is 0 Å². The predicted molar refractivity (Wildman–Crippen MR) is 116 cm³/mol. The van der Waals surface area contributed by atoms with Crippen LogP contribution in [0.4, 0.5) is 0 Å². The summed E-state index contributed by atoms with van der Waals surface area (Å²) in [6.45, 7) is 8.66. The number of nitrogens with zero attached hydrogens (tertiary/aromatic N) is 1. The number of hydrogen-bond donors (Lipinski definition) is 0. The molecule has 1 heterocycles. The summed E-state index contributed by atoms with van der Waals surface area (Å²) in [5.41, 5.74) is 2.18. The number of hydrogen-bond acceptors (Lipinski definition) is 4. The average Bonchev–Trinajstić information content (AvgIpc) is 3.08. The predicted octanol–water partition coefficient (Wildman–Crippen LogP) is 5.03. The minimum absolute atomic E-state index is 0.108. The Bertz CT molecular complexity index is 797. The van der Waals surface area contributed by atoms with Crippen molar-refractivity contribution in [3.8, 4) is 5.75 Å². The second-order valence-corrected chi connectivity index (χ2v) is 8.95. The van der Waals surface area contributed by atoms with Crippen molar-refractivity contribution in [1.82, 2.24) is 4.90 Å². The van der Waals surface area contributed by atoms with E-state index in [9.17, 15) is 4.79 Å². The number of carbonyl (C=O) groups excluding carboxylic acids is 1.